The van der Waals surface area contributed by atoms with Crippen molar-refractivity contribution in [3.63, 3.8) is 0 Å². The van der Waals surface area contributed by atoms with E-state index >= 15 is 0 Å². The number of methoxy groups -OCH3 is 2. The number of hydrogen-bond donors (Lipinski definition) is 1. The van der Waals surface area contributed by atoms with Crippen LogP contribution in [-0.4, -0.2) is 25.3 Å². The van der Waals surface area contributed by atoms with Gasteiger partial charge in [-0.25, -0.2) is 0 Å². The van der Waals surface area contributed by atoms with E-state index in [0.29, 0.717) is 11.3 Å². The number of aliphatic hydroxyl groups is 1. The van der Waals surface area contributed by atoms with Crippen LogP contribution >= 0.6 is 0 Å². The highest BCUT2D eigenvalue weighted by atomic mass is 16.5. The van der Waals surface area contributed by atoms with Crippen molar-refractivity contribution in [2.24, 2.45) is 5.41 Å². The lowest BCUT2D eigenvalue weighted by Crippen LogP contribution is -2.32. The van der Waals surface area contributed by atoms with Crippen molar-refractivity contribution in [1.82, 2.24) is 0 Å². The number of rotatable bonds is 4. The first-order valence-corrected chi connectivity index (χ1v) is 5.34. The summed E-state index contributed by atoms with van der Waals surface area (Å²) in [5.74, 6) is 0.262. The van der Waals surface area contributed by atoms with Gasteiger partial charge in [-0.3, -0.25) is 4.79 Å². The number of carbonyl (C=O) groups excluding carboxylic acids is 1. The lowest BCUT2D eigenvalue weighted by atomic mass is 9.83. The quantitative estimate of drug-likeness (QED) is 0.814. The number of esters is 1. The number of ether oxygens (including phenoxy) is 2. The fourth-order valence-electron chi connectivity index (χ4n) is 1.58. The Morgan fingerprint density at radius 2 is 1.76 bits per heavy atom. The van der Waals surface area contributed by atoms with Crippen molar-refractivity contribution < 1.29 is 19.4 Å². The van der Waals surface area contributed by atoms with Gasteiger partial charge in [0.2, 0.25) is 0 Å². The van der Waals surface area contributed by atoms with Crippen LogP contribution in [0.1, 0.15) is 25.5 Å². The molecule has 0 heterocycles. The molecule has 0 fully saturated rings. The summed E-state index contributed by atoms with van der Waals surface area (Å²) in [6, 6.07) is 6.94. The van der Waals surface area contributed by atoms with Crippen LogP contribution in [0.5, 0.6) is 5.75 Å². The minimum absolute atomic E-state index is 0.444. The van der Waals surface area contributed by atoms with Gasteiger partial charge in [0.25, 0.3) is 0 Å². The van der Waals surface area contributed by atoms with Crippen molar-refractivity contribution in [3.05, 3.63) is 29.8 Å². The fourth-order valence-corrected chi connectivity index (χ4v) is 1.58. The van der Waals surface area contributed by atoms with Crippen molar-refractivity contribution >= 4 is 5.97 Å². The molecule has 0 radical (unpaired) electrons. The largest absolute Gasteiger partial charge is 0.497 e. The highest BCUT2D eigenvalue weighted by Gasteiger charge is 2.37. The van der Waals surface area contributed by atoms with E-state index in [1.807, 2.05) is 0 Å². The average Bonchev–Trinajstić information content (AvgIpc) is 2.36. The highest BCUT2D eigenvalue weighted by molar-refractivity contribution is 5.76. The Balaban J connectivity index is 2.95. The van der Waals surface area contributed by atoms with E-state index in [1.54, 1.807) is 45.2 Å². The molecule has 4 heteroatoms. The standard InChI is InChI=1S/C13H18O4/c1-13(2,12(15)17-4)11(14)9-5-7-10(16-3)8-6-9/h5-8,11,14H,1-4H3. The third-order valence-electron chi connectivity index (χ3n) is 2.83. The molecule has 0 spiro atoms. The lowest BCUT2D eigenvalue weighted by Gasteiger charge is -2.27. The van der Waals surface area contributed by atoms with Gasteiger partial charge in [-0.2, -0.15) is 0 Å². The molecular formula is C13H18O4. The molecule has 94 valence electrons. The molecule has 0 amide bonds. The van der Waals surface area contributed by atoms with E-state index in [-0.39, 0.29) is 0 Å². The third-order valence-corrected chi connectivity index (χ3v) is 2.83. The normalized spacial score (nSPS) is 13.0. The summed E-state index contributed by atoms with van der Waals surface area (Å²) in [6.07, 6.45) is -0.916. The Labute approximate surface area is 101 Å². The van der Waals surface area contributed by atoms with Gasteiger partial charge in [0.05, 0.1) is 25.7 Å². The molecule has 1 aromatic rings. The zero-order valence-electron chi connectivity index (χ0n) is 10.6. The second-order valence-corrected chi connectivity index (χ2v) is 4.39. The Hall–Kier alpha value is -1.55. The van der Waals surface area contributed by atoms with Gasteiger partial charge in [0.15, 0.2) is 0 Å². The molecule has 0 aromatic heterocycles. The van der Waals surface area contributed by atoms with Gasteiger partial charge in [0.1, 0.15) is 5.75 Å². The first-order valence-electron chi connectivity index (χ1n) is 5.34. The summed E-state index contributed by atoms with van der Waals surface area (Å²) in [5.41, 5.74) is -0.329. The average molecular weight is 238 g/mol. The zero-order valence-corrected chi connectivity index (χ0v) is 10.6. The van der Waals surface area contributed by atoms with Crippen LogP contribution in [0.2, 0.25) is 0 Å². The van der Waals surface area contributed by atoms with Crippen molar-refractivity contribution in [2.45, 2.75) is 20.0 Å². The lowest BCUT2D eigenvalue weighted by molar-refractivity contribution is -0.157. The van der Waals surface area contributed by atoms with Crippen molar-refractivity contribution in [2.75, 3.05) is 14.2 Å². The van der Waals surface area contributed by atoms with Gasteiger partial charge >= 0.3 is 5.97 Å². The highest BCUT2D eigenvalue weighted by Crippen LogP contribution is 2.34. The molecule has 0 saturated carbocycles. The third kappa shape index (κ3) is 2.77. The summed E-state index contributed by atoms with van der Waals surface area (Å²) < 4.78 is 9.71. The van der Waals surface area contributed by atoms with E-state index in [0.717, 1.165) is 0 Å². The van der Waals surface area contributed by atoms with Crippen LogP contribution in [0.4, 0.5) is 0 Å². The molecule has 4 nitrogen and oxygen atoms in total. The predicted octanol–water partition coefficient (Wildman–Crippen LogP) is 1.93. The van der Waals surface area contributed by atoms with Crippen LogP contribution in [-0.2, 0) is 9.53 Å². The van der Waals surface area contributed by atoms with E-state index < -0.39 is 17.5 Å². The van der Waals surface area contributed by atoms with Crippen LogP contribution < -0.4 is 4.74 Å². The number of hydrogen-bond acceptors (Lipinski definition) is 4. The molecule has 17 heavy (non-hydrogen) atoms. The monoisotopic (exact) mass is 238 g/mol. The molecule has 0 bridgehead atoms. The van der Waals surface area contributed by atoms with E-state index in [9.17, 15) is 9.90 Å². The van der Waals surface area contributed by atoms with Gasteiger partial charge in [0, 0.05) is 0 Å². The molecular weight excluding hydrogens is 220 g/mol. The molecule has 1 N–H and O–H groups in total. The van der Waals surface area contributed by atoms with Crippen molar-refractivity contribution in [3.8, 4) is 5.75 Å². The van der Waals surface area contributed by atoms with Crippen LogP contribution in [0.3, 0.4) is 0 Å². The molecule has 0 aliphatic heterocycles. The van der Waals surface area contributed by atoms with Gasteiger partial charge in [-0.15, -0.1) is 0 Å². The Bertz CT molecular complexity index is 381. The number of aliphatic hydroxyl groups excluding tert-OH is 1. The second-order valence-electron chi connectivity index (χ2n) is 4.39. The minimum atomic E-state index is -0.983. The topological polar surface area (TPSA) is 55.8 Å². The SMILES string of the molecule is COC(=O)C(C)(C)C(O)c1ccc(OC)cc1. The molecule has 1 rings (SSSR count). The maximum Gasteiger partial charge on any atom is 0.314 e. The summed E-state index contributed by atoms with van der Waals surface area (Å²) in [4.78, 5) is 11.6. The Kier molecular flexibility index (Phi) is 4.12. The van der Waals surface area contributed by atoms with Crippen LogP contribution in [0.25, 0.3) is 0 Å². The summed E-state index contributed by atoms with van der Waals surface area (Å²) in [7, 11) is 2.88. The van der Waals surface area contributed by atoms with E-state index in [2.05, 4.69) is 4.74 Å². The van der Waals surface area contributed by atoms with E-state index in [4.69, 9.17) is 4.74 Å². The minimum Gasteiger partial charge on any atom is -0.497 e. The second kappa shape index (κ2) is 5.19. The Morgan fingerprint density at radius 1 is 1.24 bits per heavy atom. The van der Waals surface area contributed by atoms with Crippen LogP contribution in [0, 0.1) is 5.41 Å². The Morgan fingerprint density at radius 3 is 2.18 bits per heavy atom. The number of benzene rings is 1. The summed E-state index contributed by atoms with van der Waals surface area (Å²) in [5, 5.41) is 10.2. The smallest absolute Gasteiger partial charge is 0.314 e. The molecule has 1 atom stereocenters. The van der Waals surface area contributed by atoms with Gasteiger partial charge < -0.3 is 14.6 Å². The predicted molar refractivity (Wildman–Crippen MR) is 63.8 cm³/mol. The van der Waals surface area contributed by atoms with E-state index in [1.165, 1.54) is 7.11 Å². The van der Waals surface area contributed by atoms with Gasteiger partial charge in [-0.05, 0) is 31.5 Å². The summed E-state index contributed by atoms with van der Waals surface area (Å²) in [6.45, 7) is 3.29. The molecule has 0 aliphatic rings. The molecule has 1 aromatic carbocycles. The van der Waals surface area contributed by atoms with Crippen molar-refractivity contribution in [1.29, 1.82) is 0 Å². The maximum absolute atomic E-state index is 11.6. The molecule has 1 unspecified atom stereocenters. The number of carbonyl (C=O) groups is 1. The first-order chi connectivity index (χ1) is 7.93. The summed E-state index contributed by atoms with van der Waals surface area (Å²) >= 11 is 0. The fraction of sp³-hybridized carbons (Fsp3) is 0.462. The van der Waals surface area contributed by atoms with Gasteiger partial charge in [-0.1, -0.05) is 12.1 Å². The first kappa shape index (κ1) is 13.5. The molecule has 0 aliphatic carbocycles. The van der Waals surface area contributed by atoms with Crippen LogP contribution in [0.15, 0.2) is 24.3 Å². The molecule has 0 saturated heterocycles. The zero-order chi connectivity index (χ0) is 13.1. The maximum atomic E-state index is 11.6.